The minimum Gasteiger partial charge on any atom is -0.478 e. The number of carboxylic acids is 1. The summed E-state index contributed by atoms with van der Waals surface area (Å²) in [6.45, 7) is 2.41. The molecular weight excluding hydrogens is 416 g/mol. The van der Waals surface area contributed by atoms with Gasteiger partial charge in [-0.3, -0.25) is 9.69 Å². The number of carboxylic acid groups (broad SMARTS) is 1. The van der Waals surface area contributed by atoms with Gasteiger partial charge in [-0.25, -0.2) is 9.79 Å². The lowest BCUT2D eigenvalue weighted by atomic mass is 10.2. The first-order chi connectivity index (χ1) is 14.0. The second-order valence-corrected chi connectivity index (χ2v) is 7.55. The van der Waals surface area contributed by atoms with Gasteiger partial charge in [0.2, 0.25) is 6.79 Å². The van der Waals surface area contributed by atoms with Gasteiger partial charge in [0, 0.05) is 12.6 Å². The van der Waals surface area contributed by atoms with Crippen molar-refractivity contribution in [3.63, 3.8) is 0 Å². The number of aliphatic imine (C=N–C) groups is 1. The molecule has 2 aromatic carbocycles. The molecule has 0 atom stereocenters. The number of likely N-dealkylation sites (N-methyl/N-ethyl adjacent to an activating group) is 1. The van der Waals surface area contributed by atoms with Crippen LogP contribution in [0.15, 0.2) is 46.3 Å². The smallest absolute Gasteiger partial charge is 0.335 e. The van der Waals surface area contributed by atoms with Crippen LogP contribution in [0.2, 0.25) is 5.02 Å². The summed E-state index contributed by atoms with van der Waals surface area (Å²) in [7, 11) is 0. The van der Waals surface area contributed by atoms with Crippen molar-refractivity contribution >= 4 is 52.2 Å². The summed E-state index contributed by atoms with van der Waals surface area (Å²) in [5.74, 6) is -0.0892. The lowest BCUT2D eigenvalue weighted by molar-refractivity contribution is -0.122. The van der Waals surface area contributed by atoms with Crippen LogP contribution in [0.4, 0.5) is 5.69 Å². The van der Waals surface area contributed by atoms with E-state index in [1.54, 1.807) is 30.3 Å². The molecule has 0 spiro atoms. The van der Waals surface area contributed by atoms with Crippen molar-refractivity contribution in [2.75, 3.05) is 13.3 Å². The van der Waals surface area contributed by atoms with Crippen LogP contribution in [0.5, 0.6) is 11.5 Å². The van der Waals surface area contributed by atoms with Crippen molar-refractivity contribution in [1.82, 2.24) is 4.90 Å². The maximum Gasteiger partial charge on any atom is 0.335 e. The number of carbonyl (C=O) groups excluding carboxylic acids is 1. The molecule has 2 heterocycles. The van der Waals surface area contributed by atoms with Crippen molar-refractivity contribution in [3.05, 3.63) is 57.5 Å². The SMILES string of the molecule is CCN1C(=O)/C(=C/c2cc3c(cc2Cl)OCO3)SC1=Nc1cccc(C(=O)O)c1. The highest BCUT2D eigenvalue weighted by atomic mass is 35.5. The molecule has 4 rings (SSSR count). The van der Waals surface area contributed by atoms with Crippen molar-refractivity contribution in [1.29, 1.82) is 0 Å². The summed E-state index contributed by atoms with van der Waals surface area (Å²) >= 11 is 7.52. The number of hydrogen-bond acceptors (Lipinski definition) is 6. The first-order valence-electron chi connectivity index (χ1n) is 8.69. The Morgan fingerprint density at radius 2 is 2.07 bits per heavy atom. The Morgan fingerprint density at radius 1 is 1.31 bits per heavy atom. The molecule has 0 bridgehead atoms. The summed E-state index contributed by atoms with van der Waals surface area (Å²) < 4.78 is 10.7. The highest BCUT2D eigenvalue weighted by Crippen LogP contribution is 2.40. The predicted molar refractivity (Wildman–Crippen MR) is 111 cm³/mol. The molecule has 148 valence electrons. The topological polar surface area (TPSA) is 88.4 Å². The second-order valence-electron chi connectivity index (χ2n) is 6.14. The van der Waals surface area contributed by atoms with Crippen LogP contribution in [-0.2, 0) is 4.79 Å². The Bertz CT molecular complexity index is 1080. The Labute approximate surface area is 175 Å². The zero-order valence-electron chi connectivity index (χ0n) is 15.2. The van der Waals surface area contributed by atoms with Gasteiger partial charge >= 0.3 is 5.97 Å². The standard InChI is InChI=1S/C20H15ClN2O5S/c1-2-23-18(24)17(8-12-7-15-16(9-14(12)21)28-10-27-15)29-20(23)22-13-5-3-4-11(6-13)19(25)26/h3-9H,2,10H2,1H3,(H,25,26)/b17-8-,22-20?. The van der Waals surface area contributed by atoms with E-state index in [0.717, 1.165) is 0 Å². The van der Waals surface area contributed by atoms with Crippen LogP contribution >= 0.6 is 23.4 Å². The molecule has 29 heavy (non-hydrogen) atoms. The van der Waals surface area contributed by atoms with Crippen molar-refractivity contribution in [2.45, 2.75) is 6.92 Å². The van der Waals surface area contributed by atoms with Gasteiger partial charge < -0.3 is 14.6 Å². The van der Waals surface area contributed by atoms with Gasteiger partial charge in [0.1, 0.15) is 0 Å². The Hall–Kier alpha value is -2.97. The van der Waals surface area contributed by atoms with Gasteiger partial charge in [-0.05, 0) is 54.6 Å². The number of fused-ring (bicyclic) bond motifs is 1. The number of aromatic carboxylic acids is 1. The number of amides is 1. The Kier molecular flexibility index (Phi) is 5.21. The van der Waals surface area contributed by atoms with Gasteiger partial charge in [0.05, 0.1) is 21.2 Å². The summed E-state index contributed by atoms with van der Waals surface area (Å²) in [5, 5.41) is 10.1. The molecule has 1 saturated heterocycles. The quantitative estimate of drug-likeness (QED) is 0.723. The Balaban J connectivity index is 1.68. The molecule has 1 fully saturated rings. The van der Waals surface area contributed by atoms with Gasteiger partial charge in [0.25, 0.3) is 5.91 Å². The van der Waals surface area contributed by atoms with Crippen molar-refractivity contribution in [3.8, 4) is 11.5 Å². The lowest BCUT2D eigenvalue weighted by Crippen LogP contribution is -2.28. The van der Waals surface area contributed by atoms with E-state index in [1.165, 1.54) is 28.8 Å². The van der Waals surface area contributed by atoms with E-state index >= 15 is 0 Å². The molecule has 1 amide bonds. The highest BCUT2D eigenvalue weighted by molar-refractivity contribution is 8.18. The van der Waals surface area contributed by atoms with Crippen LogP contribution in [-0.4, -0.2) is 40.4 Å². The van der Waals surface area contributed by atoms with E-state index in [0.29, 0.717) is 44.4 Å². The fraction of sp³-hybridized carbons (Fsp3) is 0.150. The number of benzene rings is 2. The molecule has 2 aliphatic heterocycles. The van der Waals surface area contributed by atoms with Crippen LogP contribution < -0.4 is 9.47 Å². The monoisotopic (exact) mass is 430 g/mol. The van der Waals surface area contributed by atoms with Gasteiger partial charge in [-0.15, -0.1) is 0 Å². The van der Waals surface area contributed by atoms with Crippen LogP contribution in [0.1, 0.15) is 22.8 Å². The molecule has 0 aliphatic carbocycles. The van der Waals surface area contributed by atoms with Crippen LogP contribution in [0.3, 0.4) is 0 Å². The zero-order chi connectivity index (χ0) is 20.5. The van der Waals surface area contributed by atoms with Gasteiger partial charge in [-0.1, -0.05) is 17.7 Å². The van der Waals surface area contributed by atoms with Crippen molar-refractivity contribution < 1.29 is 24.2 Å². The minimum atomic E-state index is -1.03. The number of carbonyl (C=O) groups is 2. The van der Waals surface area contributed by atoms with Gasteiger partial charge in [0.15, 0.2) is 16.7 Å². The molecule has 1 N–H and O–H groups in total. The molecule has 2 aromatic rings. The third-order valence-electron chi connectivity index (χ3n) is 4.30. The van der Waals surface area contributed by atoms with E-state index in [4.69, 9.17) is 26.2 Å². The number of rotatable bonds is 4. The maximum atomic E-state index is 12.8. The third-order valence-corrected chi connectivity index (χ3v) is 5.63. The number of amidine groups is 1. The minimum absolute atomic E-state index is 0.132. The first kappa shape index (κ1) is 19.4. The Morgan fingerprint density at radius 3 is 2.79 bits per heavy atom. The summed E-state index contributed by atoms with van der Waals surface area (Å²) in [5.41, 5.74) is 1.23. The molecule has 9 heteroatoms. The van der Waals surface area contributed by atoms with Crippen LogP contribution in [0, 0.1) is 0 Å². The molecule has 0 aromatic heterocycles. The summed E-state index contributed by atoms with van der Waals surface area (Å²) in [6.07, 6.45) is 1.69. The third kappa shape index (κ3) is 3.81. The number of ether oxygens (including phenoxy) is 2. The number of halogens is 1. The van der Waals surface area contributed by atoms with E-state index in [1.807, 2.05) is 6.92 Å². The van der Waals surface area contributed by atoms with E-state index in [9.17, 15) is 9.59 Å². The van der Waals surface area contributed by atoms with Crippen LogP contribution in [0.25, 0.3) is 6.08 Å². The second kappa shape index (κ2) is 7.81. The average Bonchev–Trinajstić information content (AvgIpc) is 3.26. The zero-order valence-corrected chi connectivity index (χ0v) is 16.8. The highest BCUT2D eigenvalue weighted by Gasteiger charge is 2.32. The van der Waals surface area contributed by atoms with Gasteiger partial charge in [-0.2, -0.15) is 0 Å². The number of nitrogens with zero attached hydrogens (tertiary/aromatic N) is 2. The summed E-state index contributed by atoms with van der Waals surface area (Å²) in [4.78, 5) is 30.5. The maximum absolute atomic E-state index is 12.8. The lowest BCUT2D eigenvalue weighted by Gasteiger charge is -2.12. The number of thioether (sulfide) groups is 1. The fourth-order valence-electron chi connectivity index (χ4n) is 2.87. The first-order valence-corrected chi connectivity index (χ1v) is 9.88. The average molecular weight is 431 g/mol. The molecule has 0 saturated carbocycles. The molecule has 7 nitrogen and oxygen atoms in total. The van der Waals surface area contributed by atoms with E-state index in [-0.39, 0.29) is 18.3 Å². The molecule has 0 unspecified atom stereocenters. The van der Waals surface area contributed by atoms with E-state index < -0.39 is 5.97 Å². The largest absolute Gasteiger partial charge is 0.478 e. The predicted octanol–water partition coefficient (Wildman–Crippen LogP) is 4.39. The molecular formula is C20H15ClN2O5S. The molecule has 2 aliphatic rings. The summed E-state index contributed by atoms with van der Waals surface area (Å²) in [6, 6.07) is 9.64. The normalized spacial score (nSPS) is 18.1. The van der Waals surface area contributed by atoms with Crippen molar-refractivity contribution in [2.24, 2.45) is 4.99 Å². The number of hydrogen-bond donors (Lipinski definition) is 1. The van der Waals surface area contributed by atoms with E-state index in [2.05, 4.69) is 4.99 Å². The fourth-order valence-corrected chi connectivity index (χ4v) is 4.14. The molecule has 0 radical (unpaired) electrons.